The largest absolute Gasteiger partial charge is 0.484 e. The molecule has 3 rings (SSSR count). The van der Waals surface area contributed by atoms with Crippen molar-refractivity contribution >= 4 is 29.2 Å². The number of hydrogen-bond acceptors (Lipinski definition) is 4. The summed E-state index contributed by atoms with van der Waals surface area (Å²) in [4.78, 5) is 37.1. The number of carboxylic acid groups (broad SMARTS) is 1. The molecule has 7 nitrogen and oxygen atoms in total. The average Bonchev–Trinajstić information content (AvgIpc) is 3.13. The Hall–Kier alpha value is -3.35. The third-order valence-corrected chi connectivity index (χ3v) is 5.00. The number of carbonyl (C=O) groups excluding carboxylic acids is 2. The number of carbonyl (C=O) groups is 3. The van der Waals surface area contributed by atoms with E-state index in [9.17, 15) is 19.5 Å². The summed E-state index contributed by atoms with van der Waals surface area (Å²) in [5, 5.41) is 12.0. The van der Waals surface area contributed by atoms with E-state index < -0.39 is 11.4 Å². The zero-order valence-electron chi connectivity index (χ0n) is 16.5. The molecule has 29 heavy (non-hydrogen) atoms. The van der Waals surface area contributed by atoms with Crippen LogP contribution in [0.4, 0.5) is 11.4 Å². The van der Waals surface area contributed by atoms with Crippen LogP contribution in [0.5, 0.6) is 5.75 Å². The average molecular weight is 396 g/mol. The Morgan fingerprint density at radius 3 is 2.52 bits per heavy atom. The lowest BCUT2D eigenvalue weighted by molar-refractivity contribution is -0.142. The molecular weight excluding hydrogens is 372 g/mol. The third-order valence-electron chi connectivity index (χ3n) is 5.00. The van der Waals surface area contributed by atoms with Crippen LogP contribution in [0.3, 0.4) is 0 Å². The van der Waals surface area contributed by atoms with E-state index in [4.69, 9.17) is 4.74 Å². The fourth-order valence-corrected chi connectivity index (χ4v) is 3.10. The zero-order chi connectivity index (χ0) is 21.0. The van der Waals surface area contributed by atoms with Crippen LogP contribution in [-0.2, 0) is 19.8 Å². The maximum absolute atomic E-state index is 12.2. The van der Waals surface area contributed by atoms with Gasteiger partial charge in [-0.2, -0.15) is 0 Å². The minimum Gasteiger partial charge on any atom is -0.484 e. The first-order valence-corrected chi connectivity index (χ1v) is 9.44. The van der Waals surface area contributed by atoms with Crippen LogP contribution in [-0.4, -0.2) is 36.0 Å². The van der Waals surface area contributed by atoms with E-state index in [-0.39, 0.29) is 18.4 Å². The Morgan fingerprint density at radius 2 is 1.90 bits per heavy atom. The van der Waals surface area contributed by atoms with Crippen molar-refractivity contribution in [2.24, 2.45) is 0 Å². The van der Waals surface area contributed by atoms with Gasteiger partial charge in [-0.3, -0.25) is 14.4 Å². The number of carboxylic acids is 1. The lowest BCUT2D eigenvalue weighted by Gasteiger charge is -2.20. The monoisotopic (exact) mass is 396 g/mol. The topological polar surface area (TPSA) is 95.9 Å². The van der Waals surface area contributed by atoms with E-state index in [1.807, 2.05) is 6.07 Å². The van der Waals surface area contributed by atoms with Crippen molar-refractivity contribution in [3.8, 4) is 5.75 Å². The number of nitrogens with zero attached hydrogens (tertiary/aromatic N) is 1. The van der Waals surface area contributed by atoms with Crippen molar-refractivity contribution < 1.29 is 24.2 Å². The summed E-state index contributed by atoms with van der Waals surface area (Å²) < 4.78 is 5.56. The number of rotatable bonds is 7. The van der Waals surface area contributed by atoms with Gasteiger partial charge < -0.3 is 20.1 Å². The van der Waals surface area contributed by atoms with Gasteiger partial charge in [0.25, 0.3) is 5.91 Å². The molecule has 2 N–H and O–H groups in total. The van der Waals surface area contributed by atoms with Crippen molar-refractivity contribution in [2.75, 3.05) is 23.4 Å². The van der Waals surface area contributed by atoms with Gasteiger partial charge in [0.1, 0.15) is 5.75 Å². The second-order valence-electron chi connectivity index (χ2n) is 7.49. The van der Waals surface area contributed by atoms with Crippen molar-refractivity contribution in [1.82, 2.24) is 0 Å². The summed E-state index contributed by atoms with van der Waals surface area (Å²) in [5.41, 5.74) is 0.961. The summed E-state index contributed by atoms with van der Waals surface area (Å²) in [5.74, 6) is -0.649. The number of aliphatic carboxylic acids is 1. The number of amides is 2. The molecule has 0 bridgehead atoms. The maximum Gasteiger partial charge on any atom is 0.313 e. The Morgan fingerprint density at radius 1 is 1.17 bits per heavy atom. The Balaban J connectivity index is 1.56. The van der Waals surface area contributed by atoms with Gasteiger partial charge in [-0.15, -0.1) is 0 Å². The minimum absolute atomic E-state index is 0.0921. The Kier molecular flexibility index (Phi) is 5.87. The molecule has 152 valence electrons. The van der Waals surface area contributed by atoms with Crippen LogP contribution in [0.2, 0.25) is 0 Å². The minimum atomic E-state index is -1.01. The lowest BCUT2D eigenvalue weighted by atomic mass is 9.85. The fraction of sp³-hybridized carbons (Fsp3) is 0.318. The van der Waals surface area contributed by atoms with E-state index in [2.05, 4.69) is 5.32 Å². The molecule has 1 saturated heterocycles. The first-order chi connectivity index (χ1) is 13.8. The van der Waals surface area contributed by atoms with E-state index in [1.165, 1.54) is 0 Å². The van der Waals surface area contributed by atoms with Crippen LogP contribution in [0.1, 0.15) is 32.3 Å². The standard InChI is InChI=1S/C22H24N2O5/c1-22(2,21(27)28)15-8-10-16(11-9-15)23-19(25)14-29-18-6-3-5-17(13-18)24-12-4-7-20(24)26/h3,5-6,8-11,13H,4,7,12,14H2,1-2H3,(H,23,25)(H,27,28). The predicted octanol–water partition coefficient (Wildman–Crippen LogP) is 3.19. The molecule has 0 aliphatic carbocycles. The summed E-state index contributed by atoms with van der Waals surface area (Å²) >= 11 is 0. The van der Waals surface area contributed by atoms with Crippen LogP contribution < -0.4 is 15.0 Å². The van der Waals surface area contributed by atoms with Crippen molar-refractivity contribution in [3.63, 3.8) is 0 Å². The van der Waals surface area contributed by atoms with E-state index >= 15 is 0 Å². The molecule has 1 aliphatic rings. The smallest absolute Gasteiger partial charge is 0.313 e. The normalized spacial score (nSPS) is 14.0. The summed E-state index contributed by atoms with van der Waals surface area (Å²) in [7, 11) is 0. The highest BCUT2D eigenvalue weighted by Gasteiger charge is 2.29. The number of hydrogen-bond donors (Lipinski definition) is 2. The molecule has 0 atom stereocenters. The quantitative estimate of drug-likeness (QED) is 0.749. The maximum atomic E-state index is 12.2. The zero-order valence-corrected chi connectivity index (χ0v) is 16.5. The molecule has 0 aromatic heterocycles. The molecule has 2 amide bonds. The van der Waals surface area contributed by atoms with Crippen molar-refractivity contribution in [2.45, 2.75) is 32.1 Å². The number of benzene rings is 2. The molecule has 0 radical (unpaired) electrons. The van der Waals surface area contributed by atoms with Gasteiger partial charge in [-0.25, -0.2) is 0 Å². The van der Waals surface area contributed by atoms with Gasteiger partial charge in [-0.1, -0.05) is 18.2 Å². The number of anilines is 2. The third kappa shape index (κ3) is 4.74. The van der Waals surface area contributed by atoms with Gasteiger partial charge >= 0.3 is 5.97 Å². The Bertz CT molecular complexity index is 921. The molecule has 0 unspecified atom stereocenters. The highest BCUT2D eigenvalue weighted by molar-refractivity contribution is 5.95. The molecule has 0 saturated carbocycles. The first kappa shape index (κ1) is 20.4. The second-order valence-corrected chi connectivity index (χ2v) is 7.49. The molecule has 2 aromatic rings. The predicted molar refractivity (Wildman–Crippen MR) is 109 cm³/mol. The number of ether oxygens (including phenoxy) is 1. The highest BCUT2D eigenvalue weighted by Crippen LogP contribution is 2.26. The molecule has 1 aliphatic heterocycles. The van der Waals surface area contributed by atoms with E-state index in [0.717, 1.165) is 12.1 Å². The van der Waals surface area contributed by atoms with Crippen LogP contribution in [0, 0.1) is 0 Å². The highest BCUT2D eigenvalue weighted by atomic mass is 16.5. The van der Waals surface area contributed by atoms with E-state index in [0.29, 0.717) is 30.0 Å². The summed E-state index contributed by atoms with van der Waals surface area (Å²) in [6, 6.07) is 13.8. The lowest BCUT2D eigenvalue weighted by Crippen LogP contribution is -2.28. The molecule has 7 heteroatoms. The van der Waals surface area contributed by atoms with Crippen LogP contribution >= 0.6 is 0 Å². The molecule has 1 fully saturated rings. The second kappa shape index (κ2) is 8.34. The van der Waals surface area contributed by atoms with Gasteiger partial charge in [0.2, 0.25) is 5.91 Å². The Labute approximate surface area is 169 Å². The van der Waals surface area contributed by atoms with Gasteiger partial charge in [0, 0.05) is 30.4 Å². The summed E-state index contributed by atoms with van der Waals surface area (Å²) in [6.07, 6.45) is 1.39. The van der Waals surface area contributed by atoms with E-state index in [1.54, 1.807) is 61.2 Å². The molecular formula is C22H24N2O5. The van der Waals surface area contributed by atoms with Crippen molar-refractivity contribution in [1.29, 1.82) is 0 Å². The molecule has 2 aromatic carbocycles. The molecule has 1 heterocycles. The van der Waals surface area contributed by atoms with Crippen LogP contribution in [0.15, 0.2) is 48.5 Å². The van der Waals surface area contributed by atoms with Gasteiger partial charge in [-0.05, 0) is 50.1 Å². The van der Waals surface area contributed by atoms with Crippen LogP contribution in [0.25, 0.3) is 0 Å². The van der Waals surface area contributed by atoms with Crippen molar-refractivity contribution in [3.05, 3.63) is 54.1 Å². The molecule has 0 spiro atoms. The summed E-state index contributed by atoms with van der Waals surface area (Å²) in [6.45, 7) is 3.76. The SMILES string of the molecule is CC(C)(C(=O)O)c1ccc(NC(=O)COc2cccc(N3CCCC3=O)c2)cc1. The van der Waals surface area contributed by atoms with Gasteiger partial charge in [0.05, 0.1) is 5.41 Å². The van der Waals surface area contributed by atoms with Gasteiger partial charge in [0.15, 0.2) is 6.61 Å². The fourth-order valence-electron chi connectivity index (χ4n) is 3.10. The first-order valence-electron chi connectivity index (χ1n) is 9.44. The number of nitrogens with one attached hydrogen (secondary N) is 1.